The number of nitrogens with one attached hydrogen (secondary N) is 3. The maximum atomic E-state index is 10.8. The maximum absolute atomic E-state index is 10.8. The van der Waals surface area contributed by atoms with Crippen LogP contribution < -0.4 is 15.4 Å². The molecule has 6 nitrogen and oxygen atoms in total. The van der Waals surface area contributed by atoms with E-state index in [0.717, 1.165) is 25.3 Å². The number of nitrogens with zero attached hydrogens (tertiary/aromatic N) is 1. The van der Waals surface area contributed by atoms with Crippen LogP contribution in [0, 0.1) is 5.92 Å². The Labute approximate surface area is 104 Å². The van der Waals surface area contributed by atoms with Gasteiger partial charge in [-0.1, -0.05) is 13.8 Å². The first-order valence-electron chi connectivity index (χ1n) is 5.82. The van der Waals surface area contributed by atoms with Gasteiger partial charge in [0.2, 0.25) is 10.0 Å². The van der Waals surface area contributed by atoms with Gasteiger partial charge in [0.25, 0.3) is 0 Å². The van der Waals surface area contributed by atoms with Crippen molar-refractivity contribution < 1.29 is 8.42 Å². The van der Waals surface area contributed by atoms with Gasteiger partial charge in [0.1, 0.15) is 0 Å². The summed E-state index contributed by atoms with van der Waals surface area (Å²) in [6.45, 7) is 8.57. The second-order valence-corrected chi connectivity index (χ2v) is 6.04. The summed E-state index contributed by atoms with van der Waals surface area (Å²) in [6.07, 6.45) is 1.14. The number of rotatable bonds is 7. The van der Waals surface area contributed by atoms with E-state index in [-0.39, 0.29) is 0 Å². The van der Waals surface area contributed by atoms with Crippen LogP contribution >= 0.6 is 0 Å². The summed E-state index contributed by atoms with van der Waals surface area (Å²) in [5.41, 5.74) is 0. The van der Waals surface area contributed by atoms with E-state index in [9.17, 15) is 8.42 Å². The summed E-state index contributed by atoms with van der Waals surface area (Å²) in [6, 6.07) is 0. The number of sulfonamides is 1. The molecule has 0 aromatic rings. The fraction of sp³-hybridized carbons (Fsp3) is 0.900. The molecule has 0 aromatic heterocycles. The molecule has 0 amide bonds. The first-order valence-corrected chi connectivity index (χ1v) is 7.71. The van der Waals surface area contributed by atoms with Gasteiger partial charge in [-0.25, -0.2) is 13.1 Å². The zero-order valence-electron chi connectivity index (χ0n) is 11.1. The molecule has 17 heavy (non-hydrogen) atoms. The van der Waals surface area contributed by atoms with Gasteiger partial charge >= 0.3 is 0 Å². The van der Waals surface area contributed by atoms with E-state index < -0.39 is 10.0 Å². The predicted molar refractivity (Wildman–Crippen MR) is 71.7 cm³/mol. The van der Waals surface area contributed by atoms with Crippen molar-refractivity contribution in [2.45, 2.75) is 20.8 Å². The quantitative estimate of drug-likeness (QED) is 0.336. The molecule has 0 bridgehead atoms. The van der Waals surface area contributed by atoms with Gasteiger partial charge in [-0.2, -0.15) is 0 Å². The van der Waals surface area contributed by atoms with Crippen molar-refractivity contribution in [2.24, 2.45) is 10.9 Å². The lowest BCUT2D eigenvalue weighted by Crippen LogP contribution is -2.41. The lowest BCUT2D eigenvalue weighted by molar-refractivity contribution is 0.586. The van der Waals surface area contributed by atoms with Crippen LogP contribution in [0.25, 0.3) is 0 Å². The number of hydrogen-bond acceptors (Lipinski definition) is 3. The second kappa shape index (κ2) is 8.30. The molecule has 0 atom stereocenters. The van der Waals surface area contributed by atoms with Crippen molar-refractivity contribution in [3.63, 3.8) is 0 Å². The first-order chi connectivity index (χ1) is 7.85. The SMILES string of the molecule is CCNC(=NCC(C)C)NCCNS(C)(=O)=O. The molecule has 0 heterocycles. The molecule has 0 saturated heterocycles. The van der Waals surface area contributed by atoms with E-state index in [0.29, 0.717) is 19.0 Å². The number of guanidine groups is 1. The van der Waals surface area contributed by atoms with Gasteiger partial charge in [-0.3, -0.25) is 4.99 Å². The highest BCUT2D eigenvalue weighted by molar-refractivity contribution is 7.88. The Kier molecular flexibility index (Phi) is 7.90. The predicted octanol–water partition coefficient (Wildman–Crippen LogP) is -0.253. The Morgan fingerprint density at radius 1 is 1.24 bits per heavy atom. The highest BCUT2D eigenvalue weighted by atomic mass is 32.2. The third-order valence-electron chi connectivity index (χ3n) is 1.74. The van der Waals surface area contributed by atoms with E-state index in [2.05, 4.69) is 34.2 Å². The fourth-order valence-electron chi connectivity index (χ4n) is 1.03. The minimum Gasteiger partial charge on any atom is -0.357 e. The van der Waals surface area contributed by atoms with E-state index >= 15 is 0 Å². The molecule has 0 aliphatic carbocycles. The molecular formula is C10H24N4O2S. The topological polar surface area (TPSA) is 82.6 Å². The summed E-state index contributed by atoms with van der Waals surface area (Å²) in [5.74, 6) is 1.22. The summed E-state index contributed by atoms with van der Waals surface area (Å²) in [5, 5.41) is 6.16. The van der Waals surface area contributed by atoms with Crippen LogP contribution in [0.4, 0.5) is 0 Å². The molecule has 0 aliphatic rings. The third-order valence-corrected chi connectivity index (χ3v) is 2.47. The Balaban J connectivity index is 3.97. The van der Waals surface area contributed by atoms with Crippen molar-refractivity contribution in [2.75, 3.05) is 32.4 Å². The zero-order valence-corrected chi connectivity index (χ0v) is 11.9. The van der Waals surface area contributed by atoms with E-state index in [4.69, 9.17) is 0 Å². The summed E-state index contributed by atoms with van der Waals surface area (Å²) in [4.78, 5) is 4.36. The van der Waals surface area contributed by atoms with Crippen LogP contribution in [-0.4, -0.2) is 46.8 Å². The second-order valence-electron chi connectivity index (χ2n) is 4.21. The van der Waals surface area contributed by atoms with Gasteiger partial charge < -0.3 is 10.6 Å². The van der Waals surface area contributed by atoms with Crippen molar-refractivity contribution in [3.05, 3.63) is 0 Å². The molecule has 7 heteroatoms. The molecule has 0 rings (SSSR count). The minimum atomic E-state index is -3.11. The monoisotopic (exact) mass is 264 g/mol. The molecule has 0 saturated carbocycles. The maximum Gasteiger partial charge on any atom is 0.208 e. The van der Waals surface area contributed by atoms with Crippen LogP contribution in [0.2, 0.25) is 0 Å². The van der Waals surface area contributed by atoms with E-state index in [1.54, 1.807) is 0 Å². The van der Waals surface area contributed by atoms with Crippen molar-refractivity contribution in [3.8, 4) is 0 Å². The Hall–Kier alpha value is -0.820. The lowest BCUT2D eigenvalue weighted by Gasteiger charge is -2.11. The summed E-state index contributed by atoms with van der Waals surface area (Å²) >= 11 is 0. The van der Waals surface area contributed by atoms with Gasteiger partial charge in [-0.05, 0) is 12.8 Å². The molecule has 0 unspecified atom stereocenters. The van der Waals surface area contributed by atoms with Crippen molar-refractivity contribution >= 4 is 16.0 Å². The largest absolute Gasteiger partial charge is 0.357 e. The molecule has 0 aliphatic heterocycles. The van der Waals surface area contributed by atoms with Gasteiger partial charge in [0.15, 0.2) is 5.96 Å². The third kappa shape index (κ3) is 11.4. The van der Waals surface area contributed by atoms with Crippen LogP contribution in [0.3, 0.4) is 0 Å². The Morgan fingerprint density at radius 2 is 1.88 bits per heavy atom. The summed E-state index contributed by atoms with van der Waals surface area (Å²) in [7, 11) is -3.11. The molecule has 0 fully saturated rings. The molecular weight excluding hydrogens is 240 g/mol. The van der Waals surface area contributed by atoms with Crippen LogP contribution in [0.1, 0.15) is 20.8 Å². The van der Waals surface area contributed by atoms with E-state index in [1.165, 1.54) is 0 Å². The number of aliphatic imine (C=N–C) groups is 1. The standard InChI is InChI=1S/C10H24N4O2S/c1-5-11-10(13-8-9(2)3)12-6-7-14-17(4,15)16/h9,14H,5-8H2,1-4H3,(H2,11,12,13). The molecule has 0 aromatic carbocycles. The van der Waals surface area contributed by atoms with Gasteiger partial charge in [0.05, 0.1) is 6.26 Å². The highest BCUT2D eigenvalue weighted by Gasteiger charge is 2.00. The highest BCUT2D eigenvalue weighted by Crippen LogP contribution is 1.90. The normalized spacial score (nSPS) is 12.9. The Bertz CT molecular complexity index is 325. The van der Waals surface area contributed by atoms with Crippen molar-refractivity contribution in [1.82, 2.24) is 15.4 Å². The van der Waals surface area contributed by atoms with Crippen LogP contribution in [-0.2, 0) is 10.0 Å². The van der Waals surface area contributed by atoms with Gasteiger partial charge in [0, 0.05) is 26.2 Å². The van der Waals surface area contributed by atoms with Gasteiger partial charge in [-0.15, -0.1) is 0 Å². The fourth-order valence-corrected chi connectivity index (χ4v) is 1.51. The average molecular weight is 264 g/mol. The number of hydrogen-bond donors (Lipinski definition) is 3. The molecule has 0 radical (unpaired) electrons. The Morgan fingerprint density at radius 3 is 2.35 bits per heavy atom. The average Bonchev–Trinajstić information content (AvgIpc) is 2.19. The first kappa shape index (κ1) is 16.2. The van der Waals surface area contributed by atoms with E-state index in [1.807, 2.05) is 6.92 Å². The smallest absolute Gasteiger partial charge is 0.208 e. The molecule has 0 spiro atoms. The minimum absolute atomic E-state index is 0.352. The lowest BCUT2D eigenvalue weighted by atomic mass is 10.2. The zero-order chi connectivity index (χ0) is 13.3. The molecule has 102 valence electrons. The van der Waals surface area contributed by atoms with Crippen LogP contribution in [0.15, 0.2) is 4.99 Å². The van der Waals surface area contributed by atoms with Crippen molar-refractivity contribution in [1.29, 1.82) is 0 Å². The summed E-state index contributed by atoms with van der Waals surface area (Å²) < 4.78 is 24.1. The molecule has 3 N–H and O–H groups in total. The van der Waals surface area contributed by atoms with Crippen LogP contribution in [0.5, 0.6) is 0 Å².